The number of nitrogens with one attached hydrogen (secondary N) is 1. The molecule has 0 radical (unpaired) electrons. The van der Waals surface area contributed by atoms with E-state index in [1.807, 2.05) is 19.1 Å². The van der Waals surface area contributed by atoms with Crippen LogP contribution in [0.5, 0.6) is 0 Å². The van der Waals surface area contributed by atoms with Crippen molar-refractivity contribution in [3.63, 3.8) is 0 Å². The number of aliphatic hydroxyl groups is 1. The molecule has 3 heteroatoms. The Labute approximate surface area is 103 Å². The molecule has 2 N–H and O–H groups in total. The third-order valence-electron chi connectivity index (χ3n) is 3.84. The van der Waals surface area contributed by atoms with Gasteiger partial charge in [0.2, 0.25) is 0 Å². The monoisotopic (exact) mass is 237 g/mol. The summed E-state index contributed by atoms with van der Waals surface area (Å²) >= 11 is 0. The van der Waals surface area contributed by atoms with E-state index in [2.05, 4.69) is 5.32 Å². The van der Waals surface area contributed by atoms with Crippen LogP contribution in [0.2, 0.25) is 0 Å². The molecular formula is C14H23NO2. The Bertz CT molecular complexity index is 340. The van der Waals surface area contributed by atoms with E-state index < -0.39 is 0 Å². The van der Waals surface area contributed by atoms with Crippen molar-refractivity contribution in [2.45, 2.75) is 45.6 Å². The van der Waals surface area contributed by atoms with Crippen molar-refractivity contribution in [2.24, 2.45) is 5.41 Å². The molecule has 1 fully saturated rings. The maximum absolute atomic E-state index is 9.58. The average molecular weight is 237 g/mol. The lowest BCUT2D eigenvalue weighted by molar-refractivity contribution is 0.0805. The topological polar surface area (TPSA) is 45.4 Å². The molecule has 1 aromatic heterocycles. The Kier molecular flexibility index (Phi) is 4.24. The van der Waals surface area contributed by atoms with Crippen LogP contribution >= 0.6 is 0 Å². The first-order valence-electron chi connectivity index (χ1n) is 6.61. The van der Waals surface area contributed by atoms with Gasteiger partial charge in [-0.1, -0.05) is 19.3 Å². The fraction of sp³-hybridized carbons (Fsp3) is 0.714. The minimum absolute atomic E-state index is 0.111. The summed E-state index contributed by atoms with van der Waals surface area (Å²) in [7, 11) is 0. The highest BCUT2D eigenvalue weighted by molar-refractivity contribution is 5.05. The van der Waals surface area contributed by atoms with Crippen LogP contribution in [-0.2, 0) is 6.54 Å². The molecule has 3 nitrogen and oxygen atoms in total. The van der Waals surface area contributed by atoms with Gasteiger partial charge in [0.1, 0.15) is 11.5 Å². The van der Waals surface area contributed by atoms with E-state index in [0.717, 1.165) is 37.5 Å². The van der Waals surface area contributed by atoms with E-state index in [4.69, 9.17) is 4.42 Å². The number of hydrogen-bond donors (Lipinski definition) is 2. The van der Waals surface area contributed by atoms with Gasteiger partial charge in [0.15, 0.2) is 0 Å². The highest BCUT2D eigenvalue weighted by Gasteiger charge is 2.30. The highest BCUT2D eigenvalue weighted by atomic mass is 16.3. The zero-order valence-electron chi connectivity index (χ0n) is 10.7. The molecule has 96 valence electrons. The van der Waals surface area contributed by atoms with E-state index in [0.29, 0.717) is 6.61 Å². The number of furan rings is 1. The average Bonchev–Trinajstić information content (AvgIpc) is 2.76. The van der Waals surface area contributed by atoms with Gasteiger partial charge in [0.05, 0.1) is 6.54 Å². The summed E-state index contributed by atoms with van der Waals surface area (Å²) in [4.78, 5) is 0. The van der Waals surface area contributed by atoms with E-state index in [-0.39, 0.29) is 5.41 Å². The van der Waals surface area contributed by atoms with Gasteiger partial charge in [0.25, 0.3) is 0 Å². The smallest absolute Gasteiger partial charge is 0.117 e. The van der Waals surface area contributed by atoms with Crippen molar-refractivity contribution in [3.05, 3.63) is 23.7 Å². The van der Waals surface area contributed by atoms with Crippen molar-refractivity contribution in [1.82, 2.24) is 5.32 Å². The van der Waals surface area contributed by atoms with Gasteiger partial charge >= 0.3 is 0 Å². The number of aliphatic hydroxyl groups excluding tert-OH is 1. The molecule has 1 aliphatic rings. The van der Waals surface area contributed by atoms with Gasteiger partial charge in [-0.25, -0.2) is 0 Å². The van der Waals surface area contributed by atoms with Crippen LogP contribution in [0, 0.1) is 12.3 Å². The molecule has 0 aromatic carbocycles. The second-order valence-electron chi connectivity index (χ2n) is 5.33. The second-order valence-corrected chi connectivity index (χ2v) is 5.33. The molecule has 0 aliphatic heterocycles. The van der Waals surface area contributed by atoms with Crippen LogP contribution in [-0.4, -0.2) is 18.3 Å². The first-order chi connectivity index (χ1) is 8.24. The van der Waals surface area contributed by atoms with Crippen LogP contribution < -0.4 is 5.32 Å². The molecule has 1 heterocycles. The van der Waals surface area contributed by atoms with Gasteiger partial charge in [-0.15, -0.1) is 0 Å². The van der Waals surface area contributed by atoms with Crippen LogP contribution in [0.4, 0.5) is 0 Å². The molecule has 1 aromatic rings. The highest BCUT2D eigenvalue weighted by Crippen LogP contribution is 2.35. The van der Waals surface area contributed by atoms with Crippen LogP contribution in [0.25, 0.3) is 0 Å². The fourth-order valence-corrected chi connectivity index (χ4v) is 2.72. The summed E-state index contributed by atoms with van der Waals surface area (Å²) in [5, 5.41) is 13.0. The zero-order valence-corrected chi connectivity index (χ0v) is 10.7. The van der Waals surface area contributed by atoms with Crippen LogP contribution in [0.15, 0.2) is 16.5 Å². The lowest BCUT2D eigenvalue weighted by atomic mass is 9.74. The lowest BCUT2D eigenvalue weighted by Gasteiger charge is -2.35. The van der Waals surface area contributed by atoms with Gasteiger partial charge in [0, 0.05) is 18.6 Å². The minimum atomic E-state index is 0.111. The molecule has 0 spiro atoms. The SMILES string of the molecule is Cc1ccc(CNCC2(CO)CCCCC2)o1. The summed E-state index contributed by atoms with van der Waals surface area (Å²) in [6, 6.07) is 3.99. The van der Waals surface area contributed by atoms with E-state index in [9.17, 15) is 5.11 Å². The van der Waals surface area contributed by atoms with Crippen molar-refractivity contribution < 1.29 is 9.52 Å². The Balaban J connectivity index is 1.79. The standard InChI is InChI=1S/C14H23NO2/c1-12-5-6-13(17-12)9-15-10-14(11-16)7-3-2-4-8-14/h5-6,15-16H,2-4,7-11H2,1H3. The van der Waals surface area contributed by atoms with Crippen LogP contribution in [0.3, 0.4) is 0 Å². The van der Waals surface area contributed by atoms with Crippen molar-refractivity contribution in [3.8, 4) is 0 Å². The normalized spacial score (nSPS) is 19.4. The molecular weight excluding hydrogens is 214 g/mol. The molecule has 0 unspecified atom stereocenters. The predicted octanol–water partition coefficient (Wildman–Crippen LogP) is 2.62. The Morgan fingerprint density at radius 1 is 1.29 bits per heavy atom. The largest absolute Gasteiger partial charge is 0.465 e. The van der Waals surface area contributed by atoms with Gasteiger partial charge in [-0.3, -0.25) is 0 Å². The summed E-state index contributed by atoms with van der Waals surface area (Å²) < 4.78 is 5.51. The first-order valence-corrected chi connectivity index (χ1v) is 6.61. The Morgan fingerprint density at radius 3 is 2.65 bits per heavy atom. The molecule has 2 rings (SSSR count). The quantitative estimate of drug-likeness (QED) is 0.827. The first kappa shape index (κ1) is 12.7. The predicted molar refractivity (Wildman–Crippen MR) is 67.8 cm³/mol. The van der Waals surface area contributed by atoms with Crippen molar-refractivity contribution >= 4 is 0 Å². The van der Waals surface area contributed by atoms with Gasteiger partial charge in [-0.2, -0.15) is 0 Å². The second kappa shape index (κ2) is 5.69. The molecule has 1 aliphatic carbocycles. The molecule has 0 saturated heterocycles. The van der Waals surface area contributed by atoms with Gasteiger partial charge in [-0.05, 0) is 31.9 Å². The Morgan fingerprint density at radius 2 is 2.06 bits per heavy atom. The molecule has 0 amide bonds. The number of aryl methyl sites for hydroxylation is 1. The van der Waals surface area contributed by atoms with E-state index >= 15 is 0 Å². The number of rotatable bonds is 5. The molecule has 0 atom stereocenters. The fourth-order valence-electron chi connectivity index (χ4n) is 2.72. The summed E-state index contributed by atoms with van der Waals surface area (Å²) in [5.41, 5.74) is 0.111. The molecule has 0 bridgehead atoms. The van der Waals surface area contributed by atoms with E-state index in [1.54, 1.807) is 0 Å². The van der Waals surface area contributed by atoms with Crippen molar-refractivity contribution in [2.75, 3.05) is 13.2 Å². The van der Waals surface area contributed by atoms with Gasteiger partial charge < -0.3 is 14.8 Å². The maximum atomic E-state index is 9.58. The third-order valence-corrected chi connectivity index (χ3v) is 3.84. The van der Waals surface area contributed by atoms with Crippen LogP contribution in [0.1, 0.15) is 43.6 Å². The Hall–Kier alpha value is -0.800. The van der Waals surface area contributed by atoms with E-state index in [1.165, 1.54) is 19.3 Å². The minimum Gasteiger partial charge on any atom is -0.465 e. The number of hydrogen-bond acceptors (Lipinski definition) is 3. The summed E-state index contributed by atoms with van der Waals surface area (Å²) in [5.74, 6) is 1.93. The third kappa shape index (κ3) is 3.33. The maximum Gasteiger partial charge on any atom is 0.117 e. The van der Waals surface area contributed by atoms with Crippen molar-refractivity contribution in [1.29, 1.82) is 0 Å². The summed E-state index contributed by atoms with van der Waals surface area (Å²) in [6.45, 7) is 3.91. The zero-order chi connectivity index (χ0) is 12.1. The molecule has 17 heavy (non-hydrogen) atoms. The molecule has 1 saturated carbocycles. The lowest BCUT2D eigenvalue weighted by Crippen LogP contribution is -2.38. The summed E-state index contributed by atoms with van der Waals surface area (Å²) in [6.07, 6.45) is 6.12.